The van der Waals surface area contributed by atoms with Crippen molar-refractivity contribution in [1.82, 2.24) is 5.32 Å². The number of rotatable bonds is 5. The largest absolute Gasteiger partial charge is 0.306 e. The number of nitrogens with one attached hydrogen (secondary N) is 1. The smallest absolute Gasteiger partial charge is 0.0295 e. The molecule has 0 aliphatic heterocycles. The fourth-order valence-electron chi connectivity index (χ4n) is 2.23. The van der Waals surface area contributed by atoms with Gasteiger partial charge in [-0.1, -0.05) is 59.3 Å². The lowest BCUT2D eigenvalue weighted by Gasteiger charge is -2.16. The molecule has 2 heteroatoms. The molecule has 0 bridgehead atoms. The third-order valence-corrected chi connectivity index (χ3v) is 3.94. The zero-order valence-corrected chi connectivity index (χ0v) is 13.1. The first kappa shape index (κ1) is 14.3. The van der Waals surface area contributed by atoms with E-state index in [-0.39, 0.29) is 0 Å². The topological polar surface area (TPSA) is 12.0 Å². The minimum Gasteiger partial charge on any atom is -0.306 e. The van der Waals surface area contributed by atoms with Crippen LogP contribution in [0.1, 0.15) is 36.6 Å². The highest BCUT2D eigenvalue weighted by atomic mass is 79.9. The molecule has 0 aromatic heterocycles. The average molecular weight is 318 g/mol. The summed E-state index contributed by atoms with van der Waals surface area (Å²) >= 11 is 3.52. The molecule has 19 heavy (non-hydrogen) atoms. The normalized spacial score (nSPS) is 12.4. The molecule has 0 radical (unpaired) electrons. The molecule has 2 aromatic rings. The van der Waals surface area contributed by atoms with Crippen LogP contribution < -0.4 is 5.32 Å². The Kier molecular flexibility index (Phi) is 5.17. The van der Waals surface area contributed by atoms with Gasteiger partial charge in [0.1, 0.15) is 0 Å². The van der Waals surface area contributed by atoms with Gasteiger partial charge in [0, 0.05) is 17.1 Å². The van der Waals surface area contributed by atoms with E-state index >= 15 is 0 Å². The summed E-state index contributed by atoms with van der Waals surface area (Å²) in [5.74, 6) is 0. The molecule has 0 aliphatic rings. The van der Waals surface area contributed by atoms with Crippen molar-refractivity contribution in [2.75, 3.05) is 0 Å². The lowest BCUT2D eigenvalue weighted by atomic mass is 10.0. The molecule has 0 fully saturated rings. The van der Waals surface area contributed by atoms with Crippen LogP contribution in [0.15, 0.2) is 53.0 Å². The number of hydrogen-bond donors (Lipinski definition) is 1. The van der Waals surface area contributed by atoms with Crippen LogP contribution in [0.5, 0.6) is 0 Å². The van der Waals surface area contributed by atoms with Gasteiger partial charge in [0.2, 0.25) is 0 Å². The van der Waals surface area contributed by atoms with E-state index in [0.29, 0.717) is 6.04 Å². The van der Waals surface area contributed by atoms with Crippen molar-refractivity contribution in [1.29, 1.82) is 0 Å². The first-order valence-electron chi connectivity index (χ1n) is 6.76. The molecule has 0 saturated carbocycles. The van der Waals surface area contributed by atoms with Crippen LogP contribution in [0.25, 0.3) is 0 Å². The molecule has 0 heterocycles. The van der Waals surface area contributed by atoms with E-state index in [1.54, 1.807) is 0 Å². The van der Waals surface area contributed by atoms with Crippen LogP contribution in [0, 0.1) is 0 Å². The van der Waals surface area contributed by atoms with Crippen LogP contribution in [-0.2, 0) is 13.0 Å². The molecule has 1 atom stereocenters. The number of aryl methyl sites for hydroxylation is 1. The van der Waals surface area contributed by atoms with E-state index < -0.39 is 0 Å². The second-order valence-electron chi connectivity index (χ2n) is 4.78. The lowest BCUT2D eigenvalue weighted by molar-refractivity contribution is 0.572. The third-order valence-electron chi connectivity index (χ3n) is 3.45. The van der Waals surface area contributed by atoms with Crippen LogP contribution in [0.2, 0.25) is 0 Å². The summed E-state index contributed by atoms with van der Waals surface area (Å²) in [6.45, 7) is 5.32. The molecule has 0 aliphatic carbocycles. The van der Waals surface area contributed by atoms with Gasteiger partial charge in [0.05, 0.1) is 0 Å². The first-order chi connectivity index (χ1) is 9.20. The predicted molar refractivity (Wildman–Crippen MR) is 85.2 cm³/mol. The Balaban J connectivity index is 2.02. The summed E-state index contributed by atoms with van der Waals surface area (Å²) in [7, 11) is 0. The fourth-order valence-corrected chi connectivity index (χ4v) is 2.65. The summed E-state index contributed by atoms with van der Waals surface area (Å²) < 4.78 is 1.13. The van der Waals surface area contributed by atoms with Gasteiger partial charge in [-0.05, 0) is 42.2 Å². The molecule has 0 amide bonds. The number of benzene rings is 2. The Labute approximate surface area is 124 Å². The minimum atomic E-state index is 0.349. The maximum absolute atomic E-state index is 3.60. The van der Waals surface area contributed by atoms with E-state index in [1.807, 2.05) is 0 Å². The molecule has 0 saturated heterocycles. The standard InChI is InChI=1S/C17H20BrN/c1-3-14-7-4-5-8-16(14)12-19-13(2)15-9-6-10-17(18)11-15/h4-11,13,19H,3,12H2,1-2H3. The van der Waals surface area contributed by atoms with E-state index in [1.165, 1.54) is 16.7 Å². The van der Waals surface area contributed by atoms with Crippen molar-refractivity contribution in [2.45, 2.75) is 32.9 Å². The molecule has 1 N–H and O–H groups in total. The van der Waals surface area contributed by atoms with Gasteiger partial charge in [0.25, 0.3) is 0 Å². The Morgan fingerprint density at radius 1 is 1.05 bits per heavy atom. The number of hydrogen-bond acceptors (Lipinski definition) is 1. The highest BCUT2D eigenvalue weighted by Crippen LogP contribution is 2.19. The Bertz CT molecular complexity index is 536. The summed E-state index contributed by atoms with van der Waals surface area (Å²) in [5.41, 5.74) is 4.13. The second kappa shape index (κ2) is 6.88. The summed E-state index contributed by atoms with van der Waals surface area (Å²) in [6, 6.07) is 17.5. The minimum absolute atomic E-state index is 0.349. The maximum atomic E-state index is 3.60. The fraction of sp³-hybridized carbons (Fsp3) is 0.294. The van der Waals surface area contributed by atoms with Crippen molar-refractivity contribution in [3.8, 4) is 0 Å². The van der Waals surface area contributed by atoms with E-state index in [0.717, 1.165) is 17.4 Å². The highest BCUT2D eigenvalue weighted by molar-refractivity contribution is 9.10. The zero-order chi connectivity index (χ0) is 13.7. The maximum Gasteiger partial charge on any atom is 0.0295 e. The van der Waals surface area contributed by atoms with Gasteiger partial charge in [0.15, 0.2) is 0 Å². The van der Waals surface area contributed by atoms with Gasteiger partial charge in [-0.15, -0.1) is 0 Å². The first-order valence-corrected chi connectivity index (χ1v) is 7.55. The van der Waals surface area contributed by atoms with Crippen LogP contribution in [0.3, 0.4) is 0 Å². The Morgan fingerprint density at radius 2 is 1.79 bits per heavy atom. The van der Waals surface area contributed by atoms with Crippen molar-refractivity contribution in [2.24, 2.45) is 0 Å². The molecule has 1 unspecified atom stereocenters. The van der Waals surface area contributed by atoms with Gasteiger partial charge in [-0.25, -0.2) is 0 Å². The predicted octanol–water partition coefficient (Wildman–Crippen LogP) is 4.86. The van der Waals surface area contributed by atoms with Crippen molar-refractivity contribution >= 4 is 15.9 Å². The van der Waals surface area contributed by atoms with Gasteiger partial charge in [-0.2, -0.15) is 0 Å². The summed E-state index contributed by atoms with van der Waals surface area (Å²) in [6.07, 6.45) is 1.09. The summed E-state index contributed by atoms with van der Waals surface area (Å²) in [5, 5.41) is 3.60. The van der Waals surface area contributed by atoms with Crippen LogP contribution >= 0.6 is 15.9 Å². The second-order valence-corrected chi connectivity index (χ2v) is 5.70. The molecule has 2 aromatic carbocycles. The average Bonchev–Trinajstić information content (AvgIpc) is 2.45. The van der Waals surface area contributed by atoms with Gasteiger partial charge in [-0.3, -0.25) is 0 Å². The van der Waals surface area contributed by atoms with Gasteiger partial charge >= 0.3 is 0 Å². The molecule has 2 rings (SSSR count). The Morgan fingerprint density at radius 3 is 2.47 bits per heavy atom. The SMILES string of the molecule is CCc1ccccc1CNC(C)c1cccc(Br)c1. The molecular formula is C17H20BrN. The molecule has 100 valence electrons. The van der Waals surface area contributed by atoms with Gasteiger partial charge < -0.3 is 5.32 Å². The highest BCUT2D eigenvalue weighted by Gasteiger charge is 2.06. The zero-order valence-electron chi connectivity index (χ0n) is 11.5. The van der Waals surface area contributed by atoms with Crippen LogP contribution in [0.4, 0.5) is 0 Å². The van der Waals surface area contributed by atoms with Crippen molar-refractivity contribution in [3.05, 3.63) is 69.7 Å². The quantitative estimate of drug-likeness (QED) is 0.830. The Hall–Kier alpha value is -1.12. The van der Waals surface area contributed by atoms with Crippen molar-refractivity contribution in [3.63, 3.8) is 0 Å². The van der Waals surface area contributed by atoms with E-state index in [9.17, 15) is 0 Å². The monoisotopic (exact) mass is 317 g/mol. The van der Waals surface area contributed by atoms with Crippen molar-refractivity contribution < 1.29 is 0 Å². The molecular weight excluding hydrogens is 298 g/mol. The lowest BCUT2D eigenvalue weighted by Crippen LogP contribution is -2.18. The number of halogens is 1. The van der Waals surface area contributed by atoms with E-state index in [4.69, 9.17) is 0 Å². The van der Waals surface area contributed by atoms with Crippen LogP contribution in [-0.4, -0.2) is 0 Å². The molecule has 0 spiro atoms. The summed E-state index contributed by atoms with van der Waals surface area (Å²) in [4.78, 5) is 0. The van der Waals surface area contributed by atoms with E-state index in [2.05, 4.69) is 83.6 Å². The molecule has 1 nitrogen and oxygen atoms in total. The third kappa shape index (κ3) is 3.92.